The van der Waals surface area contributed by atoms with Crippen LogP contribution in [0.15, 0.2) is 0 Å². The van der Waals surface area contributed by atoms with Crippen LogP contribution in [0.5, 0.6) is 0 Å². The van der Waals surface area contributed by atoms with Crippen LogP contribution in [0.25, 0.3) is 0 Å². The number of nitrogens with zero attached hydrogens (tertiary/aromatic N) is 2. The van der Waals surface area contributed by atoms with E-state index in [0.717, 1.165) is 52.2 Å². The number of hydrogen-bond acceptors (Lipinski definition) is 10. The van der Waals surface area contributed by atoms with Gasteiger partial charge in [0.1, 0.15) is 0 Å². The number of rotatable bonds is 7. The summed E-state index contributed by atoms with van der Waals surface area (Å²) in [6.45, 7) is 23.8. The average molecular weight is 757 g/mol. The summed E-state index contributed by atoms with van der Waals surface area (Å²) >= 11 is 0. The first-order valence-electron chi connectivity index (χ1n) is 22.0. The van der Waals surface area contributed by atoms with Gasteiger partial charge in [-0.3, -0.25) is 14.6 Å². The maximum Gasteiger partial charge on any atom is 0.303 e. The highest BCUT2D eigenvalue weighted by atomic mass is 16.7. The number of aliphatic hydroxyl groups is 2. The highest BCUT2D eigenvalue weighted by molar-refractivity contribution is 5.66. The minimum Gasteiger partial charge on any atom is -0.457 e. The Kier molecular flexibility index (Phi) is 9.36. The first kappa shape index (κ1) is 38.7. The minimum absolute atomic E-state index is 0.0478. The molecule has 5 aliphatic carbocycles. The van der Waals surface area contributed by atoms with Crippen molar-refractivity contribution in [1.29, 1.82) is 0 Å². The second-order valence-corrected chi connectivity index (χ2v) is 21.6. The highest BCUT2D eigenvalue weighted by Gasteiger charge is 2.84. The van der Waals surface area contributed by atoms with Crippen LogP contribution in [0, 0.1) is 50.7 Å². The van der Waals surface area contributed by atoms with E-state index in [9.17, 15) is 15.0 Å². The van der Waals surface area contributed by atoms with Crippen LogP contribution in [-0.2, 0) is 28.5 Å². The summed E-state index contributed by atoms with van der Waals surface area (Å²) in [4.78, 5) is 17.5. The van der Waals surface area contributed by atoms with Gasteiger partial charge in [-0.15, -0.1) is 0 Å². The third-order valence-electron chi connectivity index (χ3n) is 18.6. The van der Waals surface area contributed by atoms with Gasteiger partial charge in [0.2, 0.25) is 0 Å². The Morgan fingerprint density at radius 2 is 1.61 bits per heavy atom. The number of aliphatic hydroxyl groups excluding tert-OH is 1. The zero-order valence-electron chi connectivity index (χ0n) is 34.7. The molecule has 14 atom stereocenters. The molecule has 9 fully saturated rings. The molecule has 4 aliphatic heterocycles. The zero-order valence-corrected chi connectivity index (χ0v) is 34.7. The molecule has 0 aromatic carbocycles. The van der Waals surface area contributed by atoms with Gasteiger partial charge in [0.05, 0.1) is 55.9 Å². The lowest BCUT2D eigenvalue weighted by molar-refractivity contribution is -0.252. The molecular weight excluding hydrogens is 684 g/mol. The Morgan fingerprint density at radius 1 is 0.907 bits per heavy atom. The fourth-order valence-corrected chi connectivity index (χ4v) is 15.9. The van der Waals surface area contributed by atoms with Crippen LogP contribution in [0.1, 0.15) is 120 Å². The molecule has 0 aromatic rings. The van der Waals surface area contributed by atoms with Crippen LogP contribution in [0.3, 0.4) is 0 Å². The monoisotopic (exact) mass is 757 g/mol. The molecule has 306 valence electrons. The van der Waals surface area contributed by atoms with Crippen molar-refractivity contribution < 1.29 is 38.7 Å². The summed E-state index contributed by atoms with van der Waals surface area (Å²) < 4.78 is 31.5. The second kappa shape index (κ2) is 13.1. The van der Waals surface area contributed by atoms with Crippen LogP contribution < -0.4 is 0 Å². The Morgan fingerprint density at radius 3 is 2.28 bits per heavy atom. The van der Waals surface area contributed by atoms with Gasteiger partial charge in [0.25, 0.3) is 0 Å². The summed E-state index contributed by atoms with van der Waals surface area (Å²) in [6.07, 6.45) is 9.25. The Balaban J connectivity index is 0.894. The van der Waals surface area contributed by atoms with Gasteiger partial charge in [0.15, 0.2) is 12.4 Å². The van der Waals surface area contributed by atoms with Gasteiger partial charge >= 0.3 is 5.97 Å². The Labute approximate surface area is 324 Å². The predicted molar refractivity (Wildman–Crippen MR) is 203 cm³/mol. The quantitative estimate of drug-likeness (QED) is 0.328. The molecule has 0 amide bonds. The fraction of sp³-hybridized carbons (Fsp3) is 0.977. The maximum absolute atomic E-state index is 12.7. The lowest BCUT2D eigenvalue weighted by Gasteiger charge is -2.64. The molecule has 2 N–H and O–H groups in total. The second-order valence-electron chi connectivity index (χ2n) is 21.6. The van der Waals surface area contributed by atoms with Crippen LogP contribution in [-0.4, -0.2) is 126 Å². The summed E-state index contributed by atoms with van der Waals surface area (Å²) in [5.74, 6) is 1.12. The molecule has 9 rings (SSSR count). The van der Waals surface area contributed by atoms with Crippen molar-refractivity contribution in [3.63, 3.8) is 0 Å². The smallest absolute Gasteiger partial charge is 0.303 e. The molecule has 2 spiro atoms. The van der Waals surface area contributed by atoms with E-state index >= 15 is 0 Å². The number of likely N-dealkylation sites (tertiary alicyclic amines) is 1. The van der Waals surface area contributed by atoms with E-state index in [2.05, 4.69) is 44.4 Å². The first-order chi connectivity index (χ1) is 25.5. The van der Waals surface area contributed by atoms with Gasteiger partial charge in [-0.05, 0) is 123 Å². The lowest BCUT2D eigenvalue weighted by Crippen LogP contribution is -2.60. The summed E-state index contributed by atoms with van der Waals surface area (Å²) in [5, 5.41) is 23.8. The van der Waals surface area contributed by atoms with E-state index in [1.165, 1.54) is 58.5 Å². The maximum atomic E-state index is 12.7. The molecule has 10 heteroatoms. The molecule has 0 bridgehead atoms. The third kappa shape index (κ3) is 5.48. The van der Waals surface area contributed by atoms with E-state index in [1.54, 1.807) is 13.8 Å². The topological polar surface area (TPSA) is 110 Å². The van der Waals surface area contributed by atoms with Crippen molar-refractivity contribution in [3.8, 4) is 0 Å². The van der Waals surface area contributed by atoms with E-state index in [1.807, 2.05) is 0 Å². The molecule has 5 saturated carbocycles. The van der Waals surface area contributed by atoms with Gasteiger partial charge in [-0.2, -0.15) is 0 Å². The molecule has 10 nitrogen and oxygen atoms in total. The largest absolute Gasteiger partial charge is 0.457 e. The normalized spacial score (nSPS) is 50.1. The Hall–Kier alpha value is -0.850. The number of carbonyl (C=O) groups is 1. The molecule has 0 radical (unpaired) electrons. The minimum atomic E-state index is -1.25. The number of fused-ring (bicyclic) bond motifs is 4. The van der Waals surface area contributed by atoms with Crippen molar-refractivity contribution in [2.24, 2.45) is 50.7 Å². The van der Waals surface area contributed by atoms with Crippen LogP contribution in [0.4, 0.5) is 0 Å². The predicted octanol–water partition coefficient (Wildman–Crippen LogP) is 5.41. The standard InChI is InChI=1S/C44H72N2O8/c1-26-21-30(38(40(5,6)49)52-27(2)47)53-36-35(26)41(7)15-16-44-25-43(44)14-11-33(39(3,4)31(43)9-10-32(44)42(41,8)37(36)48)54-34-22-46(19-20-51-34)28-12-17-45(18-13-28)29-23-50-24-29/h26,28-38,48-49H,9-25H2,1-8H3/t26-,30-,31+,32+,33+,34+,35+,36+,37+,38+,41-,42-,43-,44+/m1/s1. The fourth-order valence-electron chi connectivity index (χ4n) is 15.9. The van der Waals surface area contributed by atoms with Crippen molar-refractivity contribution in [2.45, 2.75) is 174 Å². The molecule has 54 heavy (non-hydrogen) atoms. The van der Waals surface area contributed by atoms with E-state index in [-0.39, 0.29) is 52.0 Å². The van der Waals surface area contributed by atoms with Gasteiger partial charge in [0, 0.05) is 44.6 Å². The number of piperidine rings is 1. The number of carbonyl (C=O) groups excluding carboxylic acids is 1. The van der Waals surface area contributed by atoms with E-state index in [0.29, 0.717) is 35.8 Å². The summed E-state index contributed by atoms with van der Waals surface area (Å²) in [7, 11) is 0. The highest BCUT2D eigenvalue weighted by Crippen LogP contribution is 2.89. The Bertz CT molecular complexity index is 1440. The van der Waals surface area contributed by atoms with Gasteiger partial charge in [-0.1, -0.05) is 34.6 Å². The SMILES string of the molecule is CC(=O)O[C@@H]([C@H]1C[C@@H](C)[C@H]2[C@H](O1)[C@H](O)[C@@]1(C)[C@@H]3CC[C@H]4C(C)(C)[C@@H](O[C@H]5CN(C6CCN(C7COC7)CC6)CCO5)CC[C@@]45C[C@@]35CC[C@]21C)C(C)(C)O. The lowest BCUT2D eigenvalue weighted by atomic mass is 9.41. The van der Waals surface area contributed by atoms with Crippen molar-refractivity contribution in [2.75, 3.05) is 46.0 Å². The van der Waals surface area contributed by atoms with Crippen LogP contribution in [0.2, 0.25) is 0 Å². The molecular formula is C44H72N2O8. The summed E-state index contributed by atoms with van der Waals surface area (Å²) in [5.41, 5.74) is -0.963. The number of esters is 1. The van der Waals surface area contributed by atoms with Gasteiger partial charge in [-0.25, -0.2) is 0 Å². The first-order valence-corrected chi connectivity index (χ1v) is 22.0. The number of morpholine rings is 1. The van der Waals surface area contributed by atoms with Crippen molar-refractivity contribution >= 4 is 5.97 Å². The molecule has 0 unspecified atom stereocenters. The van der Waals surface area contributed by atoms with Gasteiger partial charge < -0.3 is 33.9 Å². The molecule has 4 saturated heterocycles. The van der Waals surface area contributed by atoms with Crippen molar-refractivity contribution in [1.82, 2.24) is 9.80 Å². The summed E-state index contributed by atoms with van der Waals surface area (Å²) in [6, 6.07) is 1.25. The molecule has 0 aromatic heterocycles. The zero-order chi connectivity index (χ0) is 38.2. The van der Waals surface area contributed by atoms with Crippen molar-refractivity contribution in [3.05, 3.63) is 0 Å². The molecule has 4 heterocycles. The number of hydrogen-bond donors (Lipinski definition) is 2. The number of ether oxygens (including phenoxy) is 5. The van der Waals surface area contributed by atoms with E-state index < -0.39 is 29.9 Å². The molecule has 9 aliphatic rings. The van der Waals surface area contributed by atoms with E-state index in [4.69, 9.17) is 23.7 Å². The third-order valence-corrected chi connectivity index (χ3v) is 18.6. The average Bonchev–Trinajstić information content (AvgIpc) is 3.72. The van der Waals surface area contributed by atoms with Crippen LogP contribution >= 0.6 is 0 Å².